The molecule has 0 bridgehead atoms. The third-order valence-electron chi connectivity index (χ3n) is 7.94. The minimum absolute atomic E-state index is 0.0206. The second-order valence-corrected chi connectivity index (χ2v) is 11.8. The molecule has 0 N–H and O–H groups in total. The predicted molar refractivity (Wildman–Crippen MR) is 168 cm³/mol. The first-order chi connectivity index (χ1) is 19.1. The van der Waals surface area contributed by atoms with Crippen LogP contribution >= 0.6 is 23.2 Å². The molecule has 0 aromatic heterocycles. The molecule has 0 spiro atoms. The van der Waals surface area contributed by atoms with E-state index in [0.29, 0.717) is 5.02 Å². The molecule has 0 fully saturated rings. The average Bonchev–Trinajstić information content (AvgIpc) is 3.26. The van der Waals surface area contributed by atoms with Gasteiger partial charge < -0.3 is 9.47 Å². The number of allylic oxidation sites excluding steroid dienone is 3. The van der Waals surface area contributed by atoms with Gasteiger partial charge in [0.2, 0.25) is 0 Å². The second-order valence-electron chi connectivity index (χ2n) is 11.0. The number of benzene rings is 4. The molecule has 0 aliphatic heterocycles. The van der Waals surface area contributed by atoms with Crippen molar-refractivity contribution in [1.82, 2.24) is 0 Å². The molecule has 4 heteroatoms. The first-order valence-corrected chi connectivity index (χ1v) is 14.2. The Morgan fingerprint density at radius 1 is 0.700 bits per heavy atom. The lowest BCUT2D eigenvalue weighted by molar-refractivity contribution is 0.414. The normalized spacial score (nSPS) is 14.7. The number of halogens is 2. The molecule has 1 aliphatic carbocycles. The molecule has 204 valence electrons. The van der Waals surface area contributed by atoms with Crippen molar-refractivity contribution in [2.45, 2.75) is 39.0 Å². The van der Waals surface area contributed by atoms with Crippen LogP contribution in [0.25, 0.3) is 5.57 Å². The van der Waals surface area contributed by atoms with Gasteiger partial charge in [-0.15, -0.1) is 0 Å². The molecule has 40 heavy (non-hydrogen) atoms. The topological polar surface area (TPSA) is 18.5 Å². The molecule has 0 saturated heterocycles. The zero-order valence-electron chi connectivity index (χ0n) is 23.8. The molecule has 5 rings (SSSR count). The summed E-state index contributed by atoms with van der Waals surface area (Å²) < 4.78 is 11.0. The maximum absolute atomic E-state index is 6.66. The fraction of sp³-hybridized carbons (Fsp3) is 0.222. The lowest BCUT2D eigenvalue weighted by atomic mass is 9.68. The summed E-state index contributed by atoms with van der Waals surface area (Å²) in [6.07, 6.45) is 0. The Kier molecular flexibility index (Phi) is 7.86. The van der Waals surface area contributed by atoms with Crippen molar-refractivity contribution in [3.05, 3.63) is 146 Å². The fourth-order valence-electron chi connectivity index (χ4n) is 6.17. The quantitative estimate of drug-likeness (QED) is 0.220. The summed E-state index contributed by atoms with van der Waals surface area (Å²) in [6, 6.07) is 31.3. The fourth-order valence-corrected chi connectivity index (χ4v) is 6.47. The highest BCUT2D eigenvalue weighted by atomic mass is 35.5. The Balaban J connectivity index is 1.85. The summed E-state index contributed by atoms with van der Waals surface area (Å²) in [5.74, 6) is 1.66. The van der Waals surface area contributed by atoms with Gasteiger partial charge in [0.05, 0.1) is 14.2 Å². The van der Waals surface area contributed by atoms with Gasteiger partial charge >= 0.3 is 0 Å². The zero-order valence-corrected chi connectivity index (χ0v) is 25.3. The van der Waals surface area contributed by atoms with Gasteiger partial charge in [-0.05, 0) is 107 Å². The van der Waals surface area contributed by atoms with E-state index in [4.69, 9.17) is 32.7 Å². The minimum atomic E-state index is -0.311. The van der Waals surface area contributed by atoms with E-state index in [-0.39, 0.29) is 11.3 Å². The van der Waals surface area contributed by atoms with Crippen molar-refractivity contribution in [2.24, 2.45) is 0 Å². The van der Waals surface area contributed by atoms with Crippen LogP contribution in [0.1, 0.15) is 61.4 Å². The smallest absolute Gasteiger partial charge is 0.118 e. The average molecular weight is 570 g/mol. The third-order valence-corrected chi connectivity index (χ3v) is 8.43. The Hall–Kier alpha value is -3.46. The Morgan fingerprint density at radius 3 is 1.80 bits per heavy atom. The van der Waals surface area contributed by atoms with Crippen LogP contribution in [0.15, 0.2) is 108 Å². The lowest BCUT2D eigenvalue weighted by Gasteiger charge is -2.35. The van der Waals surface area contributed by atoms with Crippen molar-refractivity contribution in [1.29, 1.82) is 0 Å². The van der Waals surface area contributed by atoms with E-state index in [1.165, 1.54) is 44.5 Å². The van der Waals surface area contributed by atoms with Gasteiger partial charge in [0.15, 0.2) is 0 Å². The highest BCUT2D eigenvalue weighted by Crippen LogP contribution is 2.55. The van der Waals surface area contributed by atoms with E-state index in [1.54, 1.807) is 14.2 Å². The highest BCUT2D eigenvalue weighted by molar-refractivity contribution is 6.31. The number of ether oxygens (including phenoxy) is 2. The summed E-state index contributed by atoms with van der Waals surface area (Å²) >= 11 is 13.0. The van der Waals surface area contributed by atoms with E-state index in [2.05, 4.69) is 76.2 Å². The number of hydrogen-bond donors (Lipinski definition) is 0. The van der Waals surface area contributed by atoms with Crippen LogP contribution in [-0.2, 0) is 5.41 Å². The highest BCUT2D eigenvalue weighted by Gasteiger charge is 2.40. The maximum atomic E-state index is 6.66. The van der Waals surface area contributed by atoms with Crippen LogP contribution in [0, 0.1) is 0 Å². The summed E-state index contributed by atoms with van der Waals surface area (Å²) in [5, 5.41) is 1.44. The van der Waals surface area contributed by atoms with Crippen LogP contribution in [0.3, 0.4) is 0 Å². The molecule has 0 saturated carbocycles. The lowest BCUT2D eigenvalue weighted by Crippen LogP contribution is -2.25. The largest absolute Gasteiger partial charge is 0.497 e. The first kappa shape index (κ1) is 28.1. The molecular weight excluding hydrogens is 535 g/mol. The van der Waals surface area contributed by atoms with E-state index in [9.17, 15) is 0 Å². The van der Waals surface area contributed by atoms with Crippen LogP contribution < -0.4 is 9.47 Å². The van der Waals surface area contributed by atoms with Crippen molar-refractivity contribution in [2.75, 3.05) is 14.2 Å². The SMILES string of the molecule is COc1ccc([C@@H]2C(C(=C(C)C)C(C)(C)c3ccc(OC)cc3)=C(c3ccc(Cl)cc3)c3ccc(Cl)cc32)cc1. The van der Waals surface area contributed by atoms with E-state index < -0.39 is 0 Å². The minimum Gasteiger partial charge on any atom is -0.497 e. The molecule has 2 nitrogen and oxygen atoms in total. The maximum Gasteiger partial charge on any atom is 0.118 e. The Bertz CT molecular complexity index is 1590. The van der Waals surface area contributed by atoms with Crippen molar-refractivity contribution in [3.63, 3.8) is 0 Å². The van der Waals surface area contributed by atoms with Gasteiger partial charge in [-0.2, -0.15) is 0 Å². The van der Waals surface area contributed by atoms with Crippen LogP contribution in [0.4, 0.5) is 0 Å². The van der Waals surface area contributed by atoms with Gasteiger partial charge in [-0.3, -0.25) is 0 Å². The van der Waals surface area contributed by atoms with Gasteiger partial charge in [0.1, 0.15) is 11.5 Å². The molecule has 0 amide bonds. The molecule has 1 atom stereocenters. The van der Waals surface area contributed by atoms with Crippen molar-refractivity contribution >= 4 is 28.8 Å². The summed E-state index contributed by atoms with van der Waals surface area (Å²) in [5.41, 5.74) is 10.7. The molecular formula is C36H34Cl2O2. The second kappa shape index (κ2) is 11.2. The standard InChI is InChI=1S/C36H34Cl2O2/c1-22(2)35(36(3,4)25-11-18-29(40-6)19-12-25)34-32(23-7-13-26(37)14-8-23)30-20-15-27(38)21-31(30)33(34)24-9-16-28(39-5)17-10-24/h7-21,33H,1-6H3/t33-/m0/s1. The summed E-state index contributed by atoms with van der Waals surface area (Å²) in [4.78, 5) is 0. The molecule has 0 unspecified atom stereocenters. The predicted octanol–water partition coefficient (Wildman–Crippen LogP) is 10.3. The van der Waals surface area contributed by atoms with Gasteiger partial charge in [0, 0.05) is 21.4 Å². The van der Waals surface area contributed by atoms with E-state index in [0.717, 1.165) is 22.1 Å². The molecule has 1 aliphatic rings. The summed E-state index contributed by atoms with van der Waals surface area (Å²) in [6.45, 7) is 9.05. The number of methoxy groups -OCH3 is 2. The van der Waals surface area contributed by atoms with Gasteiger partial charge in [-0.1, -0.05) is 85.1 Å². The molecule has 0 heterocycles. The number of rotatable bonds is 7. The van der Waals surface area contributed by atoms with Gasteiger partial charge in [-0.25, -0.2) is 0 Å². The third kappa shape index (κ3) is 5.07. The zero-order chi connectivity index (χ0) is 28.6. The van der Waals surface area contributed by atoms with E-state index in [1.807, 2.05) is 42.5 Å². The molecule has 0 radical (unpaired) electrons. The van der Waals surface area contributed by atoms with Crippen molar-refractivity contribution in [3.8, 4) is 11.5 Å². The first-order valence-electron chi connectivity index (χ1n) is 13.4. The monoisotopic (exact) mass is 568 g/mol. The van der Waals surface area contributed by atoms with Crippen LogP contribution in [0.2, 0.25) is 10.0 Å². The number of fused-ring (bicyclic) bond motifs is 1. The molecule has 4 aromatic rings. The molecule has 4 aromatic carbocycles. The van der Waals surface area contributed by atoms with Crippen LogP contribution in [0.5, 0.6) is 11.5 Å². The number of hydrogen-bond acceptors (Lipinski definition) is 2. The summed E-state index contributed by atoms with van der Waals surface area (Å²) in [7, 11) is 3.40. The van der Waals surface area contributed by atoms with E-state index >= 15 is 0 Å². The Labute approximate surface area is 247 Å². The van der Waals surface area contributed by atoms with Gasteiger partial charge in [0.25, 0.3) is 0 Å². The van der Waals surface area contributed by atoms with Crippen molar-refractivity contribution < 1.29 is 9.47 Å². The van der Waals surface area contributed by atoms with Crippen LogP contribution in [-0.4, -0.2) is 14.2 Å². The Morgan fingerprint density at radius 2 is 1.25 bits per heavy atom.